The van der Waals surface area contributed by atoms with Gasteiger partial charge in [-0.3, -0.25) is 9.55 Å². The Balaban J connectivity index is 0.00000484. The largest absolute Gasteiger partial charge is 0.507 e. The van der Waals surface area contributed by atoms with Gasteiger partial charge < -0.3 is 5.11 Å². The third-order valence-electron chi connectivity index (χ3n) is 12.3. The number of aromatic hydroxyl groups is 1. The molecule has 0 unspecified atom stereocenters. The molecule has 9 rings (SSSR count). The topological polar surface area (TPSA) is 50.9 Å². The van der Waals surface area contributed by atoms with Gasteiger partial charge in [-0.05, 0) is 87.2 Å². The van der Waals surface area contributed by atoms with Gasteiger partial charge in [0.25, 0.3) is 0 Å². The van der Waals surface area contributed by atoms with Crippen molar-refractivity contribution in [3.63, 3.8) is 0 Å². The second kappa shape index (κ2) is 15.2. The van der Waals surface area contributed by atoms with Gasteiger partial charge in [0, 0.05) is 44.2 Å². The smallest absolute Gasteiger partial charge is 0.148 e. The van der Waals surface area contributed by atoms with E-state index in [1.54, 1.807) is 0 Å². The SMILES string of the molecule is CC(C)(C)c1cc(-c2cc(-c3ccc(-c4ccccc4)cc3)ccn2)[c-]c(-c2cccc3c2nc(-c2ccc4c(c2O)C(C)(C)CCC4(C)C)n3-c2ccccc2)c1.[Pt]. The van der Waals surface area contributed by atoms with Crippen LogP contribution in [0.2, 0.25) is 0 Å². The summed E-state index contributed by atoms with van der Waals surface area (Å²) in [5.74, 6) is 1.04. The zero-order valence-electron chi connectivity index (χ0n) is 34.9. The summed E-state index contributed by atoms with van der Waals surface area (Å²) in [7, 11) is 0. The molecule has 0 saturated heterocycles. The Bertz CT molecular complexity index is 2810. The molecular weight excluding hydrogens is 902 g/mol. The number of hydrogen-bond acceptors (Lipinski definition) is 3. The van der Waals surface area contributed by atoms with E-state index < -0.39 is 0 Å². The Morgan fingerprint density at radius 3 is 1.95 bits per heavy atom. The molecule has 2 heterocycles. The maximum atomic E-state index is 12.3. The van der Waals surface area contributed by atoms with Crippen LogP contribution in [-0.2, 0) is 37.3 Å². The van der Waals surface area contributed by atoms with Crippen molar-refractivity contribution in [2.45, 2.75) is 77.6 Å². The molecule has 298 valence electrons. The van der Waals surface area contributed by atoms with E-state index in [-0.39, 0.29) is 37.3 Å². The summed E-state index contributed by atoms with van der Waals surface area (Å²) in [6, 6.07) is 52.8. The van der Waals surface area contributed by atoms with E-state index in [1.165, 1.54) is 22.3 Å². The van der Waals surface area contributed by atoms with Crippen LogP contribution >= 0.6 is 0 Å². The molecular formula is C54H50N3OPt-. The predicted molar refractivity (Wildman–Crippen MR) is 241 cm³/mol. The van der Waals surface area contributed by atoms with Crippen LogP contribution in [0.4, 0.5) is 0 Å². The average molecular weight is 952 g/mol. The summed E-state index contributed by atoms with van der Waals surface area (Å²) < 4.78 is 2.20. The average Bonchev–Trinajstić information content (AvgIpc) is 3.62. The van der Waals surface area contributed by atoms with Crippen LogP contribution in [0.25, 0.3) is 72.7 Å². The van der Waals surface area contributed by atoms with Crippen LogP contribution in [0.3, 0.4) is 0 Å². The molecule has 1 aliphatic rings. The predicted octanol–water partition coefficient (Wildman–Crippen LogP) is 13.9. The molecule has 0 bridgehead atoms. The first-order chi connectivity index (χ1) is 27.8. The van der Waals surface area contributed by atoms with Crippen LogP contribution in [-0.4, -0.2) is 19.6 Å². The van der Waals surface area contributed by atoms with Crippen LogP contribution in [0.15, 0.2) is 146 Å². The van der Waals surface area contributed by atoms with Gasteiger partial charge in [0.15, 0.2) is 0 Å². The summed E-state index contributed by atoms with van der Waals surface area (Å²) >= 11 is 0. The molecule has 0 atom stereocenters. The minimum Gasteiger partial charge on any atom is -0.507 e. The standard InChI is InChI=1S/C54H50N3O.Pt/c1-52(2,3)41-32-39(31-40(33-41)46-34-38(27-30-55-46)37-23-21-36(22-24-37)35-15-10-8-11-16-35)43-19-14-20-47-49(43)56-51(57(47)42-17-12-9-13-18-42)44-25-26-45-48(50(44)58)54(6,7)29-28-53(45,4)5;/h8-27,30,32-34,58H,28-29H2,1-7H3;/q-1;. The molecule has 5 heteroatoms. The Kier molecular flexibility index (Phi) is 10.4. The number of fused-ring (bicyclic) bond motifs is 2. The number of rotatable bonds is 6. The van der Waals surface area contributed by atoms with Crippen molar-refractivity contribution in [2.24, 2.45) is 0 Å². The molecule has 0 saturated carbocycles. The van der Waals surface area contributed by atoms with Crippen LogP contribution in [0, 0.1) is 6.07 Å². The molecule has 1 aliphatic carbocycles. The van der Waals surface area contributed by atoms with Crippen LogP contribution in [0.5, 0.6) is 5.75 Å². The van der Waals surface area contributed by atoms with Crippen molar-refractivity contribution < 1.29 is 26.2 Å². The number of hydrogen-bond donors (Lipinski definition) is 1. The molecule has 0 radical (unpaired) electrons. The first-order valence-corrected chi connectivity index (χ1v) is 20.4. The molecule has 0 aliphatic heterocycles. The van der Waals surface area contributed by atoms with Crippen molar-refractivity contribution in [3.8, 4) is 67.5 Å². The number of aromatic nitrogens is 3. The van der Waals surface area contributed by atoms with E-state index in [2.05, 4.69) is 186 Å². The summed E-state index contributed by atoms with van der Waals surface area (Å²) in [6.45, 7) is 15.8. The molecule has 8 aromatic rings. The summed E-state index contributed by atoms with van der Waals surface area (Å²) in [6.07, 6.45) is 3.98. The maximum absolute atomic E-state index is 12.3. The van der Waals surface area contributed by atoms with E-state index in [1.807, 2.05) is 18.3 Å². The zero-order chi connectivity index (χ0) is 40.4. The third-order valence-corrected chi connectivity index (χ3v) is 12.3. The van der Waals surface area contributed by atoms with Crippen LogP contribution in [0.1, 0.15) is 78.0 Å². The number of nitrogens with zero attached hydrogens (tertiary/aromatic N) is 3. The van der Waals surface area contributed by atoms with Gasteiger partial charge >= 0.3 is 0 Å². The number of phenolic OH excluding ortho intramolecular Hbond substituents is 1. The fraction of sp³-hybridized carbons (Fsp3) is 0.222. The van der Waals surface area contributed by atoms with Gasteiger partial charge in [0.05, 0.1) is 16.6 Å². The minimum absolute atomic E-state index is 0. The maximum Gasteiger partial charge on any atom is 0.148 e. The Morgan fingerprint density at radius 2 is 1.25 bits per heavy atom. The summed E-state index contributed by atoms with van der Waals surface area (Å²) in [5.41, 5.74) is 15.0. The molecule has 2 aromatic heterocycles. The number of benzene rings is 6. The van der Waals surface area contributed by atoms with Gasteiger partial charge in [-0.25, -0.2) is 4.98 Å². The van der Waals surface area contributed by atoms with Crippen molar-refractivity contribution in [1.29, 1.82) is 0 Å². The minimum atomic E-state index is -0.171. The molecule has 59 heavy (non-hydrogen) atoms. The Morgan fingerprint density at radius 1 is 0.627 bits per heavy atom. The van der Waals surface area contributed by atoms with Crippen molar-refractivity contribution >= 4 is 11.0 Å². The van der Waals surface area contributed by atoms with Crippen LogP contribution < -0.4 is 0 Å². The third kappa shape index (κ3) is 7.38. The van der Waals surface area contributed by atoms with E-state index in [0.717, 1.165) is 74.2 Å². The van der Waals surface area contributed by atoms with Gasteiger partial charge in [-0.2, -0.15) is 0 Å². The molecule has 0 amide bonds. The zero-order valence-corrected chi connectivity index (χ0v) is 37.1. The molecule has 6 aromatic carbocycles. The molecule has 1 N–H and O–H groups in total. The summed E-state index contributed by atoms with van der Waals surface area (Å²) in [5, 5.41) is 12.3. The Labute approximate surface area is 363 Å². The second-order valence-electron chi connectivity index (χ2n) is 18.3. The van der Waals surface area contributed by atoms with Gasteiger partial charge in [-0.15, -0.1) is 29.3 Å². The second-order valence-corrected chi connectivity index (χ2v) is 18.3. The van der Waals surface area contributed by atoms with Crippen molar-refractivity contribution in [1.82, 2.24) is 14.5 Å². The van der Waals surface area contributed by atoms with E-state index in [4.69, 9.17) is 9.97 Å². The first kappa shape index (κ1) is 40.2. The molecule has 4 nitrogen and oxygen atoms in total. The first-order valence-electron chi connectivity index (χ1n) is 20.4. The number of pyridine rings is 1. The molecule has 0 spiro atoms. The van der Waals surface area contributed by atoms with E-state index in [9.17, 15) is 5.11 Å². The fourth-order valence-corrected chi connectivity index (χ4v) is 8.77. The quantitative estimate of drug-likeness (QED) is 0.169. The van der Waals surface area contributed by atoms with E-state index >= 15 is 0 Å². The van der Waals surface area contributed by atoms with Crippen molar-refractivity contribution in [2.75, 3.05) is 0 Å². The summed E-state index contributed by atoms with van der Waals surface area (Å²) in [4.78, 5) is 10.4. The monoisotopic (exact) mass is 951 g/mol. The normalized spacial score (nSPS) is 14.4. The van der Waals surface area contributed by atoms with Crippen molar-refractivity contribution in [3.05, 3.63) is 168 Å². The fourth-order valence-electron chi connectivity index (χ4n) is 8.77. The van der Waals surface area contributed by atoms with Gasteiger partial charge in [0.1, 0.15) is 11.6 Å². The van der Waals surface area contributed by atoms with Gasteiger partial charge in [0.2, 0.25) is 0 Å². The number of phenols is 1. The molecule has 0 fully saturated rings. The Hall–Kier alpha value is -5.57. The van der Waals surface area contributed by atoms with Gasteiger partial charge in [-0.1, -0.05) is 157 Å². The number of imidazole rings is 1. The number of para-hydroxylation sites is 2. The van der Waals surface area contributed by atoms with E-state index in [0.29, 0.717) is 11.6 Å².